The summed E-state index contributed by atoms with van der Waals surface area (Å²) in [6.07, 6.45) is 3.26. The van der Waals surface area contributed by atoms with E-state index in [2.05, 4.69) is 17.0 Å². The summed E-state index contributed by atoms with van der Waals surface area (Å²) in [4.78, 5) is 0.110. The van der Waals surface area contributed by atoms with Crippen LogP contribution in [-0.4, -0.2) is 56.7 Å². The third kappa shape index (κ3) is 4.48. The molecule has 1 aromatic rings. The van der Waals surface area contributed by atoms with Crippen LogP contribution in [0.4, 0.5) is 8.78 Å². The van der Waals surface area contributed by atoms with Gasteiger partial charge in [-0.25, -0.2) is 8.42 Å². The molecule has 4 unspecified atom stereocenters. The maximum absolute atomic E-state index is 13.2. The lowest BCUT2D eigenvalue weighted by Gasteiger charge is -2.39. The van der Waals surface area contributed by atoms with E-state index in [1.54, 1.807) is 11.4 Å². The van der Waals surface area contributed by atoms with Crippen molar-refractivity contribution in [2.75, 3.05) is 7.11 Å². The number of hydrogen-bond acceptors (Lipinski definition) is 5. The molecule has 0 aromatic heterocycles. The summed E-state index contributed by atoms with van der Waals surface area (Å²) in [5.74, 6) is -0.0546. The molecule has 2 heterocycles. The van der Waals surface area contributed by atoms with Crippen LogP contribution in [0.5, 0.6) is 5.75 Å². The van der Waals surface area contributed by atoms with Crippen molar-refractivity contribution in [1.29, 1.82) is 0 Å². The first-order valence-electron chi connectivity index (χ1n) is 9.59. The maximum Gasteiger partial charge on any atom is 0.387 e. The fourth-order valence-corrected chi connectivity index (χ4v) is 6.18. The molecule has 1 N–H and O–H groups in total. The number of hydrogen-bond donors (Lipinski definition) is 1. The molecule has 0 spiro atoms. The molecular formula is C19H28F2N2O4S. The average Bonchev–Trinajstić information content (AvgIpc) is 2.93. The number of piperidine rings is 1. The quantitative estimate of drug-likeness (QED) is 0.703. The van der Waals surface area contributed by atoms with Gasteiger partial charge in [-0.15, -0.1) is 0 Å². The van der Waals surface area contributed by atoms with E-state index in [1.807, 2.05) is 6.92 Å². The highest BCUT2D eigenvalue weighted by Gasteiger charge is 2.47. The molecule has 9 heteroatoms. The zero-order valence-corrected chi connectivity index (χ0v) is 17.2. The lowest BCUT2D eigenvalue weighted by Crippen LogP contribution is -2.54. The standard InChI is InChI=1S/C19H28F2N2O4S/c1-12(13(2)26-3)22-14-10-15-4-5-16(11-14)23(15)28(24,25)18-8-6-17(7-9-18)27-19(20)21/h6-9,12-16,19,22H,4-5,10-11H2,1-3H3. The largest absolute Gasteiger partial charge is 0.435 e. The van der Waals surface area contributed by atoms with Crippen LogP contribution in [0.25, 0.3) is 0 Å². The van der Waals surface area contributed by atoms with E-state index < -0.39 is 16.6 Å². The van der Waals surface area contributed by atoms with Crippen LogP contribution in [-0.2, 0) is 14.8 Å². The van der Waals surface area contributed by atoms with Crippen molar-refractivity contribution in [3.8, 4) is 5.75 Å². The van der Waals surface area contributed by atoms with Crippen LogP contribution >= 0.6 is 0 Å². The van der Waals surface area contributed by atoms with Gasteiger partial charge >= 0.3 is 6.61 Å². The predicted octanol–water partition coefficient (Wildman–Crippen LogP) is 2.99. The normalized spacial score (nSPS) is 27.7. The van der Waals surface area contributed by atoms with Crippen molar-refractivity contribution in [2.24, 2.45) is 0 Å². The van der Waals surface area contributed by atoms with Crippen molar-refractivity contribution < 1.29 is 26.7 Å². The fourth-order valence-electron chi connectivity index (χ4n) is 4.29. The zero-order valence-electron chi connectivity index (χ0n) is 16.3. The third-order valence-electron chi connectivity index (χ3n) is 5.86. The minimum Gasteiger partial charge on any atom is -0.435 e. The summed E-state index contributed by atoms with van der Waals surface area (Å²) in [7, 11) is -2.00. The molecule has 2 fully saturated rings. The summed E-state index contributed by atoms with van der Waals surface area (Å²) < 4.78 is 62.2. The first-order valence-corrected chi connectivity index (χ1v) is 11.0. The molecule has 158 valence electrons. The van der Waals surface area contributed by atoms with Crippen LogP contribution in [0, 0.1) is 0 Å². The van der Waals surface area contributed by atoms with Crippen LogP contribution < -0.4 is 10.1 Å². The predicted molar refractivity (Wildman–Crippen MR) is 101 cm³/mol. The second-order valence-corrected chi connectivity index (χ2v) is 9.48. The van der Waals surface area contributed by atoms with Crippen LogP contribution in [0.15, 0.2) is 29.2 Å². The van der Waals surface area contributed by atoms with Gasteiger partial charge in [0.15, 0.2) is 0 Å². The number of halogens is 2. The minimum atomic E-state index is -3.68. The Labute approximate surface area is 165 Å². The van der Waals surface area contributed by atoms with E-state index in [1.165, 1.54) is 24.3 Å². The second kappa shape index (κ2) is 8.61. The van der Waals surface area contributed by atoms with Gasteiger partial charge in [0, 0.05) is 31.3 Å². The molecule has 4 atom stereocenters. The molecule has 6 nitrogen and oxygen atoms in total. The summed E-state index contributed by atoms with van der Waals surface area (Å²) in [5.41, 5.74) is 0. The smallest absolute Gasteiger partial charge is 0.387 e. The van der Waals surface area contributed by atoms with E-state index >= 15 is 0 Å². The molecule has 0 saturated carbocycles. The van der Waals surface area contributed by atoms with Crippen LogP contribution in [0.1, 0.15) is 39.5 Å². The lowest BCUT2D eigenvalue weighted by molar-refractivity contribution is -0.0498. The average molecular weight is 419 g/mol. The Morgan fingerprint density at radius 1 is 1.11 bits per heavy atom. The van der Waals surface area contributed by atoms with Gasteiger partial charge in [0.25, 0.3) is 0 Å². The van der Waals surface area contributed by atoms with Crippen molar-refractivity contribution in [3.63, 3.8) is 0 Å². The number of nitrogens with zero attached hydrogens (tertiary/aromatic N) is 1. The number of rotatable bonds is 8. The molecule has 1 aromatic carbocycles. The van der Waals surface area contributed by atoms with Crippen LogP contribution in [0.2, 0.25) is 0 Å². The first kappa shape index (κ1) is 21.4. The Hall–Kier alpha value is -1.29. The molecule has 2 aliphatic rings. The topological polar surface area (TPSA) is 67.9 Å². The lowest BCUT2D eigenvalue weighted by atomic mass is 9.98. The molecule has 0 radical (unpaired) electrons. The number of nitrogens with one attached hydrogen (secondary N) is 1. The summed E-state index contributed by atoms with van der Waals surface area (Å²) in [6, 6.07) is 5.52. The van der Waals surface area contributed by atoms with E-state index in [4.69, 9.17) is 4.74 Å². The van der Waals surface area contributed by atoms with Gasteiger partial charge < -0.3 is 14.8 Å². The van der Waals surface area contributed by atoms with E-state index in [0.717, 1.165) is 25.7 Å². The zero-order chi connectivity index (χ0) is 20.5. The Morgan fingerprint density at radius 2 is 1.68 bits per heavy atom. The molecule has 2 aliphatic heterocycles. The van der Waals surface area contributed by atoms with Gasteiger partial charge in [-0.3, -0.25) is 0 Å². The molecular weight excluding hydrogens is 390 g/mol. The van der Waals surface area contributed by atoms with Gasteiger partial charge in [-0.2, -0.15) is 13.1 Å². The molecule has 0 amide bonds. The highest BCUT2D eigenvalue weighted by atomic mass is 32.2. The number of benzene rings is 1. The maximum atomic E-state index is 13.2. The highest BCUT2D eigenvalue weighted by molar-refractivity contribution is 7.89. The monoisotopic (exact) mass is 418 g/mol. The summed E-state index contributed by atoms with van der Waals surface area (Å²) in [6.45, 7) is 1.14. The van der Waals surface area contributed by atoms with Crippen molar-refractivity contribution in [3.05, 3.63) is 24.3 Å². The van der Waals surface area contributed by atoms with E-state index in [0.29, 0.717) is 0 Å². The van der Waals surface area contributed by atoms with Gasteiger partial charge in [-0.1, -0.05) is 0 Å². The van der Waals surface area contributed by atoms with Gasteiger partial charge in [-0.05, 0) is 63.8 Å². The molecule has 3 rings (SSSR count). The Kier molecular flexibility index (Phi) is 6.58. The van der Waals surface area contributed by atoms with Crippen molar-refractivity contribution >= 4 is 10.0 Å². The van der Waals surface area contributed by atoms with E-state index in [-0.39, 0.29) is 40.9 Å². The number of sulfonamides is 1. The first-order chi connectivity index (χ1) is 13.2. The second-order valence-electron chi connectivity index (χ2n) is 7.63. The third-order valence-corrected chi connectivity index (χ3v) is 7.88. The molecule has 28 heavy (non-hydrogen) atoms. The van der Waals surface area contributed by atoms with Gasteiger partial charge in [0.1, 0.15) is 5.75 Å². The van der Waals surface area contributed by atoms with Crippen molar-refractivity contribution in [1.82, 2.24) is 9.62 Å². The number of methoxy groups -OCH3 is 1. The summed E-state index contributed by atoms with van der Waals surface area (Å²) >= 11 is 0. The molecule has 2 saturated heterocycles. The Balaban J connectivity index is 1.71. The Morgan fingerprint density at radius 3 is 2.18 bits per heavy atom. The van der Waals surface area contributed by atoms with Gasteiger partial charge in [0.05, 0.1) is 11.0 Å². The van der Waals surface area contributed by atoms with Crippen LogP contribution in [0.3, 0.4) is 0 Å². The number of ether oxygens (including phenoxy) is 2. The number of fused-ring (bicyclic) bond motifs is 2. The summed E-state index contributed by atoms with van der Waals surface area (Å²) in [5, 5.41) is 3.57. The molecule has 0 aliphatic carbocycles. The van der Waals surface area contributed by atoms with E-state index in [9.17, 15) is 17.2 Å². The highest BCUT2D eigenvalue weighted by Crippen LogP contribution is 2.40. The minimum absolute atomic E-state index is 0.0525. The fraction of sp³-hybridized carbons (Fsp3) is 0.684. The Bertz CT molecular complexity index is 746. The van der Waals surface area contributed by atoms with Gasteiger partial charge in [0.2, 0.25) is 10.0 Å². The SMILES string of the molecule is COC(C)C(C)NC1CC2CCC(C1)N2S(=O)(=O)c1ccc(OC(F)F)cc1. The number of alkyl halides is 2. The van der Waals surface area contributed by atoms with Crippen molar-refractivity contribution in [2.45, 2.75) is 81.3 Å². The molecule has 2 bridgehead atoms.